The standard InChI is InChI=1S/C11H11F3N4/c1-2-15-5-8-6-18(17-16-8)10-4-7(12)3-9(13)11(10)14/h3-4,6,15H,2,5H2,1H3. The highest BCUT2D eigenvalue weighted by Crippen LogP contribution is 2.17. The van der Waals surface area contributed by atoms with Crippen molar-refractivity contribution in [3.05, 3.63) is 41.5 Å². The highest BCUT2D eigenvalue weighted by molar-refractivity contribution is 5.33. The fourth-order valence-corrected chi connectivity index (χ4v) is 1.46. The summed E-state index contributed by atoms with van der Waals surface area (Å²) in [7, 11) is 0. The Balaban J connectivity index is 2.34. The van der Waals surface area contributed by atoms with Crippen molar-refractivity contribution >= 4 is 0 Å². The van der Waals surface area contributed by atoms with Gasteiger partial charge in [-0.25, -0.2) is 17.9 Å². The largest absolute Gasteiger partial charge is 0.311 e. The first kappa shape index (κ1) is 12.6. The summed E-state index contributed by atoms with van der Waals surface area (Å²) in [4.78, 5) is 0. The van der Waals surface area contributed by atoms with Crippen molar-refractivity contribution in [2.24, 2.45) is 0 Å². The summed E-state index contributed by atoms with van der Waals surface area (Å²) >= 11 is 0. The molecule has 0 spiro atoms. The van der Waals surface area contributed by atoms with E-state index in [-0.39, 0.29) is 5.69 Å². The van der Waals surface area contributed by atoms with Gasteiger partial charge >= 0.3 is 0 Å². The summed E-state index contributed by atoms with van der Waals surface area (Å²) in [6.45, 7) is 3.12. The first-order chi connectivity index (χ1) is 8.61. The molecule has 0 fully saturated rings. The van der Waals surface area contributed by atoms with E-state index in [0.29, 0.717) is 18.3 Å². The third-order valence-corrected chi connectivity index (χ3v) is 2.32. The molecule has 4 nitrogen and oxygen atoms in total. The molecule has 0 amide bonds. The van der Waals surface area contributed by atoms with Crippen LogP contribution in [0.25, 0.3) is 5.69 Å². The Bertz CT molecular complexity index is 553. The Morgan fingerprint density at radius 2 is 2.06 bits per heavy atom. The zero-order valence-electron chi connectivity index (χ0n) is 9.62. The summed E-state index contributed by atoms with van der Waals surface area (Å²) in [5, 5.41) is 10.4. The molecule has 18 heavy (non-hydrogen) atoms. The van der Waals surface area contributed by atoms with Gasteiger partial charge < -0.3 is 5.32 Å². The molecule has 0 radical (unpaired) electrons. The molecule has 0 saturated heterocycles. The Morgan fingerprint density at radius 3 is 2.78 bits per heavy atom. The van der Waals surface area contributed by atoms with Gasteiger partial charge in [0.2, 0.25) is 0 Å². The van der Waals surface area contributed by atoms with Crippen molar-refractivity contribution < 1.29 is 13.2 Å². The van der Waals surface area contributed by atoms with Crippen LogP contribution in [-0.4, -0.2) is 21.5 Å². The maximum Gasteiger partial charge on any atom is 0.184 e. The summed E-state index contributed by atoms with van der Waals surface area (Å²) in [5.41, 5.74) is 0.253. The molecule has 0 saturated carbocycles. The molecule has 1 aromatic carbocycles. The lowest BCUT2D eigenvalue weighted by atomic mass is 10.3. The number of hydrogen-bond donors (Lipinski definition) is 1. The molecular weight excluding hydrogens is 245 g/mol. The predicted octanol–water partition coefficient (Wildman–Crippen LogP) is 1.79. The maximum absolute atomic E-state index is 13.5. The fraction of sp³-hybridized carbons (Fsp3) is 0.273. The van der Waals surface area contributed by atoms with Gasteiger partial charge in [-0.3, -0.25) is 0 Å². The number of rotatable bonds is 4. The lowest BCUT2D eigenvalue weighted by molar-refractivity contribution is 0.487. The van der Waals surface area contributed by atoms with E-state index in [4.69, 9.17) is 0 Å². The number of halogens is 3. The molecule has 2 aromatic rings. The summed E-state index contributed by atoms with van der Waals surface area (Å²) in [6.07, 6.45) is 1.42. The highest BCUT2D eigenvalue weighted by Gasteiger charge is 2.14. The molecule has 1 aromatic heterocycles. The Hall–Kier alpha value is -1.89. The lowest BCUT2D eigenvalue weighted by Crippen LogP contribution is -2.11. The van der Waals surface area contributed by atoms with Crippen molar-refractivity contribution in [1.82, 2.24) is 20.3 Å². The van der Waals surface area contributed by atoms with Crippen molar-refractivity contribution in [1.29, 1.82) is 0 Å². The monoisotopic (exact) mass is 256 g/mol. The fourth-order valence-electron chi connectivity index (χ4n) is 1.46. The average molecular weight is 256 g/mol. The highest BCUT2D eigenvalue weighted by atomic mass is 19.2. The van der Waals surface area contributed by atoms with E-state index in [1.165, 1.54) is 6.20 Å². The van der Waals surface area contributed by atoms with Gasteiger partial charge in [0.15, 0.2) is 11.6 Å². The van der Waals surface area contributed by atoms with Crippen LogP contribution < -0.4 is 5.32 Å². The van der Waals surface area contributed by atoms with Gasteiger partial charge in [0, 0.05) is 18.7 Å². The van der Waals surface area contributed by atoms with Crippen LogP contribution in [0.1, 0.15) is 12.6 Å². The second-order valence-electron chi connectivity index (χ2n) is 3.66. The van der Waals surface area contributed by atoms with Crippen LogP contribution in [0.2, 0.25) is 0 Å². The predicted molar refractivity (Wildman–Crippen MR) is 58.6 cm³/mol. The van der Waals surface area contributed by atoms with E-state index >= 15 is 0 Å². The minimum atomic E-state index is -1.26. The second-order valence-corrected chi connectivity index (χ2v) is 3.66. The molecule has 7 heteroatoms. The van der Waals surface area contributed by atoms with E-state index in [1.807, 2.05) is 6.92 Å². The number of hydrogen-bond acceptors (Lipinski definition) is 3. The van der Waals surface area contributed by atoms with Gasteiger partial charge in [-0.15, -0.1) is 5.10 Å². The van der Waals surface area contributed by atoms with Gasteiger partial charge in [-0.1, -0.05) is 12.1 Å². The summed E-state index contributed by atoms with van der Waals surface area (Å²) < 4.78 is 40.6. The summed E-state index contributed by atoms with van der Waals surface area (Å²) in [6, 6.07) is 1.35. The van der Waals surface area contributed by atoms with Crippen LogP contribution in [0.15, 0.2) is 18.3 Å². The van der Waals surface area contributed by atoms with Gasteiger partial charge in [-0.2, -0.15) is 0 Å². The number of benzene rings is 1. The molecule has 96 valence electrons. The third-order valence-electron chi connectivity index (χ3n) is 2.32. The molecule has 0 aliphatic carbocycles. The van der Waals surface area contributed by atoms with Gasteiger partial charge in [-0.05, 0) is 6.54 Å². The first-order valence-corrected chi connectivity index (χ1v) is 5.38. The molecule has 0 aliphatic heterocycles. The van der Waals surface area contributed by atoms with Gasteiger partial charge in [0.25, 0.3) is 0 Å². The van der Waals surface area contributed by atoms with Crippen LogP contribution in [0.4, 0.5) is 13.2 Å². The second kappa shape index (κ2) is 5.18. The molecule has 1 heterocycles. The molecule has 1 N–H and O–H groups in total. The number of nitrogens with one attached hydrogen (secondary N) is 1. The van der Waals surface area contributed by atoms with Crippen molar-refractivity contribution in [2.45, 2.75) is 13.5 Å². The van der Waals surface area contributed by atoms with Crippen molar-refractivity contribution in [3.8, 4) is 5.69 Å². The van der Waals surface area contributed by atoms with E-state index in [2.05, 4.69) is 15.6 Å². The Morgan fingerprint density at radius 1 is 1.28 bits per heavy atom. The normalized spacial score (nSPS) is 10.9. The zero-order valence-corrected chi connectivity index (χ0v) is 9.62. The lowest BCUT2D eigenvalue weighted by Gasteiger charge is -2.03. The van der Waals surface area contributed by atoms with Gasteiger partial charge in [0.1, 0.15) is 11.5 Å². The van der Waals surface area contributed by atoms with Crippen LogP contribution >= 0.6 is 0 Å². The quantitative estimate of drug-likeness (QED) is 0.848. The maximum atomic E-state index is 13.5. The third kappa shape index (κ3) is 2.51. The molecule has 0 atom stereocenters. The number of nitrogens with zero attached hydrogens (tertiary/aromatic N) is 3. The van der Waals surface area contributed by atoms with E-state index in [9.17, 15) is 13.2 Å². The van der Waals surface area contributed by atoms with Crippen LogP contribution in [-0.2, 0) is 6.54 Å². The smallest absolute Gasteiger partial charge is 0.184 e. The van der Waals surface area contributed by atoms with Crippen LogP contribution in [0, 0.1) is 17.5 Å². The van der Waals surface area contributed by atoms with E-state index in [1.54, 1.807) is 0 Å². The van der Waals surface area contributed by atoms with Gasteiger partial charge in [0.05, 0.1) is 11.9 Å². The SMILES string of the molecule is CCNCc1cn(-c2cc(F)cc(F)c2F)nn1. The molecule has 0 unspecified atom stereocenters. The van der Waals surface area contributed by atoms with Crippen LogP contribution in [0.3, 0.4) is 0 Å². The van der Waals surface area contributed by atoms with E-state index < -0.39 is 17.5 Å². The summed E-state index contributed by atoms with van der Waals surface area (Å²) in [5.74, 6) is -3.28. The Labute approximate surface area is 101 Å². The topological polar surface area (TPSA) is 42.7 Å². The first-order valence-electron chi connectivity index (χ1n) is 5.38. The zero-order chi connectivity index (χ0) is 13.1. The van der Waals surface area contributed by atoms with Crippen molar-refractivity contribution in [3.63, 3.8) is 0 Å². The minimum Gasteiger partial charge on any atom is -0.311 e. The van der Waals surface area contributed by atoms with E-state index in [0.717, 1.165) is 17.3 Å². The molecule has 2 rings (SSSR count). The molecule has 0 bridgehead atoms. The van der Waals surface area contributed by atoms with Crippen molar-refractivity contribution in [2.75, 3.05) is 6.54 Å². The molecule has 0 aliphatic rings. The molecular formula is C11H11F3N4. The average Bonchev–Trinajstić information content (AvgIpc) is 2.79. The van der Waals surface area contributed by atoms with Crippen LogP contribution in [0.5, 0.6) is 0 Å². The number of aromatic nitrogens is 3. The Kier molecular flexibility index (Phi) is 3.61. The minimum absolute atomic E-state index is 0.303.